The highest BCUT2D eigenvalue weighted by Crippen LogP contribution is 2.35. The number of benzene rings is 1. The lowest BCUT2D eigenvalue weighted by Crippen LogP contribution is -2.42. The van der Waals surface area contributed by atoms with Crippen molar-refractivity contribution in [1.82, 2.24) is 4.90 Å². The first-order valence-electron chi connectivity index (χ1n) is 7.10. The van der Waals surface area contributed by atoms with Crippen molar-refractivity contribution in [3.63, 3.8) is 0 Å². The van der Waals surface area contributed by atoms with Gasteiger partial charge in [-0.1, -0.05) is 38.1 Å². The van der Waals surface area contributed by atoms with Crippen LogP contribution in [-0.4, -0.2) is 16.8 Å². The lowest BCUT2D eigenvalue weighted by Gasteiger charge is -2.39. The fraction of sp³-hybridized carbons (Fsp3) is 0.562. The van der Waals surface area contributed by atoms with Gasteiger partial charge in [-0.2, -0.15) is 0 Å². The fourth-order valence-electron chi connectivity index (χ4n) is 3.70. The molecule has 1 fully saturated rings. The Labute approximate surface area is 110 Å². The number of hydrogen-bond acceptors (Lipinski definition) is 1. The average molecular weight is 242 g/mol. The number of nitrogens with one attached hydrogen (secondary N) is 1. The average Bonchev–Trinajstić information content (AvgIpc) is 2.68. The van der Waals surface area contributed by atoms with Crippen LogP contribution in [0.4, 0.5) is 0 Å². The van der Waals surface area contributed by atoms with E-state index >= 15 is 0 Å². The Morgan fingerprint density at radius 1 is 1.17 bits per heavy atom. The van der Waals surface area contributed by atoms with Crippen LogP contribution in [0.3, 0.4) is 0 Å². The van der Waals surface area contributed by atoms with Gasteiger partial charge in [0.2, 0.25) is 0 Å². The first-order chi connectivity index (χ1) is 8.66. The second-order valence-electron chi connectivity index (χ2n) is 6.10. The normalized spacial score (nSPS) is 31.6. The Morgan fingerprint density at radius 3 is 2.67 bits per heavy atom. The molecule has 3 unspecified atom stereocenters. The molecule has 0 spiro atoms. The Hall–Kier alpha value is -1.31. The number of fused-ring (bicyclic) bond motifs is 1. The van der Waals surface area contributed by atoms with E-state index < -0.39 is 0 Å². The molecule has 1 heterocycles. The summed E-state index contributed by atoms with van der Waals surface area (Å²) < 4.78 is 0. The van der Waals surface area contributed by atoms with Crippen LogP contribution in [0.5, 0.6) is 0 Å². The molecule has 96 valence electrons. The quantitative estimate of drug-likeness (QED) is 0.799. The maximum Gasteiger partial charge on any atom is 0.128 e. The fourth-order valence-corrected chi connectivity index (χ4v) is 3.70. The van der Waals surface area contributed by atoms with Crippen LogP contribution >= 0.6 is 0 Å². The predicted molar refractivity (Wildman–Crippen MR) is 74.8 cm³/mol. The number of amidine groups is 1. The SMILES string of the molecule is CC1CCC(N2Cc3ccccc3C2=N)C(C)C1. The zero-order valence-corrected chi connectivity index (χ0v) is 11.3. The first-order valence-corrected chi connectivity index (χ1v) is 7.10. The molecule has 1 aliphatic heterocycles. The lowest BCUT2D eigenvalue weighted by atomic mass is 9.79. The van der Waals surface area contributed by atoms with E-state index in [1.54, 1.807) is 0 Å². The summed E-state index contributed by atoms with van der Waals surface area (Å²) in [7, 11) is 0. The molecule has 0 aromatic heterocycles. The molecule has 1 aromatic rings. The molecule has 1 saturated carbocycles. The molecule has 2 aliphatic rings. The second kappa shape index (κ2) is 4.42. The third kappa shape index (κ3) is 1.84. The Morgan fingerprint density at radius 2 is 1.94 bits per heavy atom. The maximum atomic E-state index is 8.39. The summed E-state index contributed by atoms with van der Waals surface area (Å²) in [5, 5.41) is 8.39. The third-order valence-electron chi connectivity index (χ3n) is 4.69. The molecule has 1 aromatic carbocycles. The summed E-state index contributed by atoms with van der Waals surface area (Å²) in [5.41, 5.74) is 2.47. The van der Waals surface area contributed by atoms with Crippen LogP contribution < -0.4 is 0 Å². The van der Waals surface area contributed by atoms with Crippen LogP contribution in [0, 0.1) is 17.2 Å². The number of hydrogen-bond donors (Lipinski definition) is 1. The van der Waals surface area contributed by atoms with E-state index in [9.17, 15) is 0 Å². The molecular formula is C16H22N2. The molecule has 1 aliphatic carbocycles. The van der Waals surface area contributed by atoms with Crippen molar-refractivity contribution in [2.75, 3.05) is 0 Å². The molecule has 0 radical (unpaired) electrons. The predicted octanol–water partition coefficient (Wildman–Crippen LogP) is 3.65. The third-order valence-corrected chi connectivity index (χ3v) is 4.69. The summed E-state index contributed by atoms with van der Waals surface area (Å²) in [5.74, 6) is 2.32. The van der Waals surface area contributed by atoms with E-state index in [0.29, 0.717) is 12.0 Å². The summed E-state index contributed by atoms with van der Waals surface area (Å²) in [6.07, 6.45) is 3.87. The zero-order valence-electron chi connectivity index (χ0n) is 11.3. The van der Waals surface area contributed by atoms with Gasteiger partial charge in [-0.15, -0.1) is 0 Å². The van der Waals surface area contributed by atoms with Crippen LogP contribution in [-0.2, 0) is 6.54 Å². The van der Waals surface area contributed by atoms with Crippen molar-refractivity contribution in [3.8, 4) is 0 Å². The summed E-state index contributed by atoms with van der Waals surface area (Å²) in [4.78, 5) is 2.33. The minimum Gasteiger partial charge on any atom is -0.349 e. The van der Waals surface area contributed by atoms with Gasteiger partial charge < -0.3 is 4.90 Å². The molecule has 0 saturated heterocycles. The number of nitrogens with zero attached hydrogens (tertiary/aromatic N) is 1. The van der Waals surface area contributed by atoms with Gasteiger partial charge in [0.25, 0.3) is 0 Å². The second-order valence-corrected chi connectivity index (χ2v) is 6.10. The molecule has 3 rings (SSSR count). The highest BCUT2D eigenvalue weighted by Gasteiger charge is 2.35. The van der Waals surface area contributed by atoms with Crippen LogP contribution in [0.15, 0.2) is 24.3 Å². The van der Waals surface area contributed by atoms with Gasteiger partial charge in [-0.05, 0) is 36.7 Å². The topological polar surface area (TPSA) is 27.1 Å². The molecule has 0 bridgehead atoms. The Bertz CT molecular complexity index is 466. The van der Waals surface area contributed by atoms with Gasteiger partial charge in [0, 0.05) is 18.2 Å². The Balaban J connectivity index is 1.82. The van der Waals surface area contributed by atoms with Crippen molar-refractivity contribution >= 4 is 5.84 Å². The van der Waals surface area contributed by atoms with Crippen LogP contribution in [0.2, 0.25) is 0 Å². The van der Waals surface area contributed by atoms with E-state index in [4.69, 9.17) is 5.41 Å². The van der Waals surface area contributed by atoms with Crippen molar-refractivity contribution in [2.24, 2.45) is 11.8 Å². The van der Waals surface area contributed by atoms with E-state index in [1.807, 2.05) is 6.07 Å². The molecule has 2 heteroatoms. The largest absolute Gasteiger partial charge is 0.349 e. The van der Waals surface area contributed by atoms with Crippen LogP contribution in [0.25, 0.3) is 0 Å². The molecule has 3 atom stereocenters. The molecular weight excluding hydrogens is 220 g/mol. The zero-order chi connectivity index (χ0) is 12.7. The monoisotopic (exact) mass is 242 g/mol. The summed E-state index contributed by atoms with van der Waals surface area (Å²) in [6, 6.07) is 8.96. The van der Waals surface area contributed by atoms with Gasteiger partial charge in [0.1, 0.15) is 5.84 Å². The van der Waals surface area contributed by atoms with Crippen LogP contribution in [0.1, 0.15) is 44.2 Å². The van der Waals surface area contributed by atoms with Gasteiger partial charge in [-0.25, -0.2) is 0 Å². The lowest BCUT2D eigenvalue weighted by molar-refractivity contribution is 0.150. The summed E-state index contributed by atoms with van der Waals surface area (Å²) >= 11 is 0. The molecule has 1 N–H and O–H groups in total. The molecule has 2 nitrogen and oxygen atoms in total. The van der Waals surface area contributed by atoms with E-state index in [-0.39, 0.29) is 0 Å². The number of rotatable bonds is 1. The molecule has 18 heavy (non-hydrogen) atoms. The van der Waals surface area contributed by atoms with E-state index in [2.05, 4.69) is 36.9 Å². The van der Waals surface area contributed by atoms with Gasteiger partial charge in [0.05, 0.1) is 0 Å². The smallest absolute Gasteiger partial charge is 0.128 e. The Kier molecular flexibility index (Phi) is 2.89. The standard InChI is InChI=1S/C16H22N2/c1-11-7-8-15(12(2)9-11)18-10-13-5-3-4-6-14(13)16(18)17/h3-6,11-12,15,17H,7-10H2,1-2H3. The minimum atomic E-state index is 0.570. The maximum absolute atomic E-state index is 8.39. The van der Waals surface area contributed by atoms with E-state index in [0.717, 1.165) is 23.9 Å². The van der Waals surface area contributed by atoms with Crippen molar-refractivity contribution in [3.05, 3.63) is 35.4 Å². The summed E-state index contributed by atoms with van der Waals surface area (Å²) in [6.45, 7) is 5.66. The molecule has 0 amide bonds. The highest BCUT2D eigenvalue weighted by atomic mass is 15.2. The van der Waals surface area contributed by atoms with Gasteiger partial charge in [-0.3, -0.25) is 5.41 Å². The first kappa shape index (κ1) is 11.8. The van der Waals surface area contributed by atoms with Crippen molar-refractivity contribution in [2.45, 2.75) is 45.7 Å². The van der Waals surface area contributed by atoms with E-state index in [1.165, 1.54) is 24.8 Å². The van der Waals surface area contributed by atoms with Crippen molar-refractivity contribution < 1.29 is 0 Å². The van der Waals surface area contributed by atoms with Crippen molar-refractivity contribution in [1.29, 1.82) is 5.41 Å². The minimum absolute atomic E-state index is 0.570. The van der Waals surface area contributed by atoms with Gasteiger partial charge >= 0.3 is 0 Å². The van der Waals surface area contributed by atoms with Gasteiger partial charge in [0.15, 0.2) is 0 Å². The highest BCUT2D eigenvalue weighted by molar-refractivity contribution is 6.00.